The van der Waals surface area contributed by atoms with Crippen LogP contribution in [0, 0.1) is 10.1 Å². The number of nitro benzene ring substituents is 1. The predicted octanol–water partition coefficient (Wildman–Crippen LogP) is 4.63. The van der Waals surface area contributed by atoms with Crippen LogP contribution < -0.4 is 5.32 Å². The fourth-order valence-electron chi connectivity index (χ4n) is 2.67. The number of carbonyl (C=O) groups excluding carboxylic acids is 1. The van der Waals surface area contributed by atoms with E-state index in [0.717, 1.165) is 5.52 Å². The molecule has 11 heteroatoms. The maximum atomic E-state index is 12.4. The van der Waals surface area contributed by atoms with Gasteiger partial charge >= 0.3 is 0 Å². The van der Waals surface area contributed by atoms with Crippen molar-refractivity contribution in [3.05, 3.63) is 56.6 Å². The second-order valence-corrected chi connectivity index (χ2v) is 7.74. The van der Waals surface area contributed by atoms with E-state index in [1.165, 1.54) is 30.0 Å². The van der Waals surface area contributed by atoms with Crippen molar-refractivity contribution < 1.29 is 14.5 Å². The standard InChI is InChI=1S/C18H16Cl2N4O4S/c1-28-7-6-23-15-5-3-11(19)8-14(15)22-18(23)29-10-17(25)21-13-4-2-12(20)9-16(13)24(26)27/h2-5,8-9H,6-7,10H2,1H3,(H,21,25). The van der Waals surface area contributed by atoms with Crippen molar-refractivity contribution in [3.63, 3.8) is 0 Å². The number of amides is 1. The predicted molar refractivity (Wildman–Crippen MR) is 114 cm³/mol. The summed E-state index contributed by atoms with van der Waals surface area (Å²) in [6, 6.07) is 9.46. The van der Waals surface area contributed by atoms with E-state index in [9.17, 15) is 14.9 Å². The number of nitro groups is 1. The van der Waals surface area contributed by atoms with E-state index >= 15 is 0 Å². The van der Waals surface area contributed by atoms with Gasteiger partial charge in [-0.1, -0.05) is 35.0 Å². The Hall–Kier alpha value is -2.33. The Balaban J connectivity index is 1.76. The highest BCUT2D eigenvalue weighted by atomic mass is 35.5. The van der Waals surface area contributed by atoms with Gasteiger partial charge in [-0.25, -0.2) is 4.98 Å². The number of hydrogen-bond acceptors (Lipinski definition) is 6. The summed E-state index contributed by atoms with van der Waals surface area (Å²) in [6.07, 6.45) is 0. The number of hydrogen-bond donors (Lipinski definition) is 1. The molecule has 0 fully saturated rings. The van der Waals surface area contributed by atoms with E-state index in [0.29, 0.717) is 28.8 Å². The first-order chi connectivity index (χ1) is 13.9. The maximum absolute atomic E-state index is 12.4. The number of benzene rings is 2. The van der Waals surface area contributed by atoms with E-state index in [2.05, 4.69) is 10.3 Å². The number of imidazole rings is 1. The number of nitrogens with zero attached hydrogens (tertiary/aromatic N) is 3. The van der Waals surface area contributed by atoms with Gasteiger partial charge in [-0.2, -0.15) is 0 Å². The first-order valence-corrected chi connectivity index (χ1v) is 10.1. The SMILES string of the molecule is COCCn1c(SCC(=O)Nc2ccc(Cl)cc2[N+](=O)[O-])nc2cc(Cl)ccc21. The molecule has 2 aromatic carbocycles. The topological polar surface area (TPSA) is 99.3 Å². The van der Waals surface area contributed by atoms with Gasteiger partial charge in [0.25, 0.3) is 5.69 Å². The van der Waals surface area contributed by atoms with Crippen LogP contribution in [0.3, 0.4) is 0 Å². The number of anilines is 1. The van der Waals surface area contributed by atoms with Crippen LogP contribution in [0.5, 0.6) is 0 Å². The first kappa shape index (κ1) is 21.4. The molecule has 3 aromatic rings. The fraction of sp³-hybridized carbons (Fsp3) is 0.222. The zero-order valence-corrected chi connectivity index (χ0v) is 17.6. The summed E-state index contributed by atoms with van der Waals surface area (Å²) in [6.45, 7) is 1.03. The highest BCUT2D eigenvalue weighted by Gasteiger charge is 2.18. The second kappa shape index (κ2) is 9.45. The molecule has 0 aliphatic carbocycles. The lowest BCUT2D eigenvalue weighted by Gasteiger charge is -2.09. The molecule has 0 aliphatic rings. The van der Waals surface area contributed by atoms with Crippen LogP contribution in [0.4, 0.5) is 11.4 Å². The molecule has 0 saturated carbocycles. The number of aromatic nitrogens is 2. The van der Waals surface area contributed by atoms with E-state index in [4.69, 9.17) is 27.9 Å². The van der Waals surface area contributed by atoms with Crippen LogP contribution >= 0.6 is 35.0 Å². The van der Waals surface area contributed by atoms with Gasteiger partial charge < -0.3 is 14.6 Å². The van der Waals surface area contributed by atoms with Crippen LogP contribution in [0.25, 0.3) is 11.0 Å². The van der Waals surface area contributed by atoms with Crippen molar-refractivity contribution in [1.29, 1.82) is 0 Å². The Morgan fingerprint density at radius 3 is 2.72 bits per heavy atom. The van der Waals surface area contributed by atoms with Crippen molar-refractivity contribution in [2.24, 2.45) is 0 Å². The quantitative estimate of drug-likeness (QED) is 0.302. The van der Waals surface area contributed by atoms with Gasteiger partial charge in [0.05, 0.1) is 28.3 Å². The molecule has 0 atom stereocenters. The Morgan fingerprint density at radius 2 is 2.00 bits per heavy atom. The van der Waals surface area contributed by atoms with Gasteiger partial charge in [-0.15, -0.1) is 0 Å². The van der Waals surface area contributed by atoms with Gasteiger partial charge in [-0.05, 0) is 30.3 Å². The highest BCUT2D eigenvalue weighted by Crippen LogP contribution is 2.29. The Bertz CT molecular complexity index is 1070. The number of nitrogens with one attached hydrogen (secondary N) is 1. The van der Waals surface area contributed by atoms with E-state index in [-0.39, 0.29) is 22.2 Å². The molecule has 29 heavy (non-hydrogen) atoms. The third-order valence-electron chi connectivity index (χ3n) is 3.96. The van der Waals surface area contributed by atoms with Crippen LogP contribution in [0.2, 0.25) is 10.0 Å². The van der Waals surface area contributed by atoms with Gasteiger partial charge in [0.1, 0.15) is 5.69 Å². The normalized spacial score (nSPS) is 11.0. The zero-order valence-electron chi connectivity index (χ0n) is 15.2. The number of rotatable bonds is 8. The lowest BCUT2D eigenvalue weighted by Crippen LogP contribution is -2.16. The van der Waals surface area contributed by atoms with Crippen LogP contribution in [0.1, 0.15) is 0 Å². The minimum atomic E-state index is -0.595. The Labute approximate surface area is 180 Å². The zero-order chi connectivity index (χ0) is 21.0. The third-order valence-corrected chi connectivity index (χ3v) is 5.40. The molecular formula is C18H16Cl2N4O4S. The van der Waals surface area contributed by atoms with Crippen molar-refractivity contribution in [1.82, 2.24) is 9.55 Å². The lowest BCUT2D eigenvalue weighted by molar-refractivity contribution is -0.383. The fourth-order valence-corrected chi connectivity index (χ4v) is 3.84. The average molecular weight is 455 g/mol. The van der Waals surface area contributed by atoms with Crippen molar-refractivity contribution >= 4 is 63.3 Å². The van der Waals surface area contributed by atoms with E-state index in [1.807, 2.05) is 10.6 Å². The summed E-state index contributed by atoms with van der Waals surface area (Å²) in [5.41, 5.74) is 1.41. The van der Waals surface area contributed by atoms with E-state index in [1.54, 1.807) is 19.2 Å². The molecule has 0 spiro atoms. The molecule has 1 aromatic heterocycles. The van der Waals surface area contributed by atoms with E-state index < -0.39 is 10.8 Å². The molecule has 152 valence electrons. The second-order valence-electron chi connectivity index (χ2n) is 5.93. The lowest BCUT2D eigenvalue weighted by atomic mass is 10.2. The summed E-state index contributed by atoms with van der Waals surface area (Å²) in [7, 11) is 1.61. The number of ether oxygens (including phenoxy) is 1. The highest BCUT2D eigenvalue weighted by molar-refractivity contribution is 7.99. The third kappa shape index (κ3) is 5.18. The Kier molecular flexibility index (Phi) is 6.96. The number of halogens is 2. The van der Waals surface area contributed by atoms with Crippen LogP contribution in [-0.4, -0.2) is 39.9 Å². The van der Waals surface area contributed by atoms with Gasteiger partial charge in [0.2, 0.25) is 5.91 Å². The van der Waals surface area contributed by atoms with Gasteiger partial charge in [0.15, 0.2) is 5.16 Å². The summed E-state index contributed by atoms with van der Waals surface area (Å²) in [5.74, 6) is -0.382. The molecule has 0 aliphatic heterocycles. The van der Waals surface area contributed by atoms with Crippen LogP contribution in [-0.2, 0) is 16.1 Å². The summed E-state index contributed by atoms with van der Waals surface area (Å²) in [4.78, 5) is 27.5. The number of methoxy groups -OCH3 is 1. The Morgan fingerprint density at radius 1 is 1.28 bits per heavy atom. The van der Waals surface area contributed by atoms with Crippen LogP contribution in [0.15, 0.2) is 41.6 Å². The van der Waals surface area contributed by atoms with Gasteiger partial charge in [0, 0.05) is 29.8 Å². The molecule has 3 rings (SSSR count). The summed E-state index contributed by atoms with van der Waals surface area (Å²) in [5, 5.41) is 15.1. The molecule has 1 amide bonds. The maximum Gasteiger partial charge on any atom is 0.294 e. The number of thioether (sulfide) groups is 1. The molecule has 0 saturated heterocycles. The minimum Gasteiger partial charge on any atom is -0.383 e. The largest absolute Gasteiger partial charge is 0.383 e. The van der Waals surface area contributed by atoms with Crippen molar-refractivity contribution in [3.8, 4) is 0 Å². The minimum absolute atomic E-state index is 0.0177. The molecular weight excluding hydrogens is 439 g/mol. The molecule has 0 unspecified atom stereocenters. The summed E-state index contributed by atoms with van der Waals surface area (Å²) >= 11 is 13.1. The first-order valence-electron chi connectivity index (χ1n) is 8.40. The number of carbonyl (C=O) groups is 1. The molecule has 1 N–H and O–H groups in total. The molecule has 0 radical (unpaired) electrons. The number of fused-ring (bicyclic) bond motifs is 1. The van der Waals surface area contributed by atoms with Crippen molar-refractivity contribution in [2.75, 3.05) is 24.8 Å². The summed E-state index contributed by atoms with van der Waals surface area (Å²) < 4.78 is 7.10. The molecule has 0 bridgehead atoms. The average Bonchev–Trinajstić information content (AvgIpc) is 3.02. The van der Waals surface area contributed by atoms with Crippen molar-refractivity contribution in [2.45, 2.75) is 11.7 Å². The molecule has 1 heterocycles. The molecule has 8 nitrogen and oxygen atoms in total. The smallest absolute Gasteiger partial charge is 0.294 e. The van der Waals surface area contributed by atoms with Gasteiger partial charge in [-0.3, -0.25) is 14.9 Å². The monoisotopic (exact) mass is 454 g/mol.